The van der Waals surface area contributed by atoms with Crippen LogP contribution < -0.4 is 0 Å². The van der Waals surface area contributed by atoms with E-state index in [1.165, 1.54) is 5.37 Å². The first-order chi connectivity index (χ1) is 9.20. The van der Waals surface area contributed by atoms with Crippen LogP contribution in [0.25, 0.3) is 12.2 Å². The van der Waals surface area contributed by atoms with Crippen molar-refractivity contribution in [3.05, 3.63) is 59.2 Å². The molecule has 0 heterocycles. The monoisotopic (exact) mass is 270 g/mol. The largest absolute Gasteiger partial charge is 0.507 e. The highest BCUT2D eigenvalue weighted by molar-refractivity contribution is 7.79. The van der Waals surface area contributed by atoms with Gasteiger partial charge in [0.05, 0.1) is 0 Å². The van der Waals surface area contributed by atoms with E-state index in [4.69, 9.17) is 12.2 Å². The Hall–Kier alpha value is -2.13. The fourth-order valence-corrected chi connectivity index (χ4v) is 1.97. The Morgan fingerprint density at radius 1 is 0.895 bits per heavy atom. The second kappa shape index (κ2) is 6.16. The van der Waals surface area contributed by atoms with Crippen molar-refractivity contribution >= 4 is 29.7 Å². The number of rotatable bonds is 4. The van der Waals surface area contributed by atoms with Gasteiger partial charge in [0.1, 0.15) is 11.5 Å². The quantitative estimate of drug-likeness (QED) is 0.655. The van der Waals surface area contributed by atoms with Gasteiger partial charge in [-0.2, -0.15) is 0 Å². The highest BCUT2D eigenvalue weighted by Gasteiger charge is 2.07. The summed E-state index contributed by atoms with van der Waals surface area (Å²) in [4.78, 5) is 0. The van der Waals surface area contributed by atoms with Gasteiger partial charge >= 0.3 is 0 Å². The third-order valence-electron chi connectivity index (χ3n) is 2.78. The van der Waals surface area contributed by atoms with Crippen molar-refractivity contribution in [1.82, 2.24) is 0 Å². The predicted molar refractivity (Wildman–Crippen MR) is 82.5 cm³/mol. The average molecular weight is 270 g/mol. The highest BCUT2D eigenvalue weighted by atomic mass is 32.1. The van der Waals surface area contributed by atoms with Gasteiger partial charge in [0.25, 0.3) is 0 Å². The second-order valence-electron chi connectivity index (χ2n) is 4.15. The maximum Gasteiger partial charge on any atom is 0.123 e. The Balaban J connectivity index is 2.27. The number of benzene rings is 2. The summed E-state index contributed by atoms with van der Waals surface area (Å²) in [5.41, 5.74) is 2.27. The Kier molecular flexibility index (Phi) is 4.31. The third-order valence-corrected chi connectivity index (χ3v) is 2.95. The molecule has 0 amide bonds. The molecule has 3 heteroatoms. The molecule has 0 bridgehead atoms. The molecule has 0 aliphatic heterocycles. The van der Waals surface area contributed by atoms with Crippen molar-refractivity contribution in [2.75, 3.05) is 0 Å². The molecule has 0 aromatic heterocycles. The van der Waals surface area contributed by atoms with Gasteiger partial charge in [-0.1, -0.05) is 54.7 Å². The molecule has 0 aliphatic carbocycles. The van der Waals surface area contributed by atoms with Crippen LogP contribution in [0.2, 0.25) is 0 Å². The molecular formula is C16H14O2S. The minimum atomic E-state index is 0.0637. The van der Waals surface area contributed by atoms with Crippen LogP contribution in [0.5, 0.6) is 11.5 Å². The smallest absolute Gasteiger partial charge is 0.123 e. The van der Waals surface area contributed by atoms with Crippen molar-refractivity contribution in [1.29, 1.82) is 0 Å². The van der Waals surface area contributed by atoms with E-state index in [0.29, 0.717) is 12.0 Å². The van der Waals surface area contributed by atoms with Gasteiger partial charge in [0.2, 0.25) is 0 Å². The van der Waals surface area contributed by atoms with E-state index < -0.39 is 0 Å². The van der Waals surface area contributed by atoms with Crippen LogP contribution in [-0.4, -0.2) is 15.6 Å². The fraction of sp³-hybridized carbons (Fsp3) is 0.0625. The first kappa shape index (κ1) is 13.3. The summed E-state index contributed by atoms with van der Waals surface area (Å²) < 4.78 is 0. The summed E-state index contributed by atoms with van der Waals surface area (Å²) in [5, 5.41) is 21.2. The summed E-state index contributed by atoms with van der Waals surface area (Å²) in [7, 11) is 0. The van der Waals surface area contributed by atoms with Crippen molar-refractivity contribution < 1.29 is 10.2 Å². The van der Waals surface area contributed by atoms with Crippen LogP contribution in [0.4, 0.5) is 0 Å². The first-order valence-electron chi connectivity index (χ1n) is 5.92. The lowest BCUT2D eigenvalue weighted by Crippen LogP contribution is -1.88. The number of phenols is 2. The zero-order chi connectivity index (χ0) is 13.7. The SMILES string of the molecule is Oc1cc(/C=C/c2ccccc2)cc(O)c1CC=S. The zero-order valence-electron chi connectivity index (χ0n) is 10.3. The molecule has 19 heavy (non-hydrogen) atoms. The summed E-state index contributed by atoms with van der Waals surface area (Å²) in [6.07, 6.45) is 4.14. The van der Waals surface area contributed by atoms with Gasteiger partial charge in [0.15, 0.2) is 0 Å². The highest BCUT2D eigenvalue weighted by Crippen LogP contribution is 2.29. The van der Waals surface area contributed by atoms with Crippen LogP contribution in [-0.2, 0) is 6.42 Å². The van der Waals surface area contributed by atoms with Crippen LogP contribution in [0.1, 0.15) is 16.7 Å². The lowest BCUT2D eigenvalue weighted by atomic mass is 10.1. The molecule has 2 rings (SSSR count). The van der Waals surface area contributed by atoms with Gasteiger partial charge in [-0.15, -0.1) is 0 Å². The van der Waals surface area contributed by atoms with Crippen molar-refractivity contribution in [3.63, 3.8) is 0 Å². The van der Waals surface area contributed by atoms with E-state index in [2.05, 4.69) is 0 Å². The van der Waals surface area contributed by atoms with E-state index in [9.17, 15) is 10.2 Å². The summed E-state index contributed by atoms with van der Waals surface area (Å²) in [5.74, 6) is 0.127. The van der Waals surface area contributed by atoms with Crippen LogP contribution in [0.15, 0.2) is 42.5 Å². The van der Waals surface area contributed by atoms with E-state index in [0.717, 1.165) is 11.1 Å². The molecule has 0 spiro atoms. The summed E-state index contributed by atoms with van der Waals surface area (Å²) in [6.45, 7) is 0. The normalized spacial score (nSPS) is 10.7. The lowest BCUT2D eigenvalue weighted by molar-refractivity contribution is 0.442. The molecule has 0 aliphatic rings. The molecule has 2 nitrogen and oxygen atoms in total. The molecule has 0 saturated heterocycles. The number of aromatic hydroxyl groups is 2. The van der Waals surface area contributed by atoms with E-state index in [1.54, 1.807) is 12.1 Å². The Bertz CT molecular complexity index is 580. The van der Waals surface area contributed by atoms with E-state index in [-0.39, 0.29) is 11.5 Å². The third kappa shape index (κ3) is 3.42. The first-order valence-corrected chi connectivity index (χ1v) is 6.39. The van der Waals surface area contributed by atoms with Gasteiger partial charge in [0, 0.05) is 12.0 Å². The minimum absolute atomic E-state index is 0.0637. The molecule has 0 radical (unpaired) electrons. The Labute approximate surface area is 117 Å². The van der Waals surface area contributed by atoms with E-state index in [1.807, 2.05) is 42.5 Å². The maximum atomic E-state index is 9.84. The number of hydrogen-bond donors (Lipinski definition) is 2. The topological polar surface area (TPSA) is 40.5 Å². The lowest BCUT2D eigenvalue weighted by Gasteiger charge is -2.06. The Morgan fingerprint density at radius 3 is 2.05 bits per heavy atom. The summed E-state index contributed by atoms with van der Waals surface area (Å²) >= 11 is 4.74. The van der Waals surface area contributed by atoms with Crippen LogP contribution in [0.3, 0.4) is 0 Å². The van der Waals surface area contributed by atoms with Gasteiger partial charge < -0.3 is 10.2 Å². The van der Waals surface area contributed by atoms with Crippen LogP contribution in [0, 0.1) is 0 Å². The molecule has 0 unspecified atom stereocenters. The van der Waals surface area contributed by atoms with Gasteiger partial charge in [-0.25, -0.2) is 0 Å². The average Bonchev–Trinajstić information content (AvgIpc) is 2.42. The molecular weight excluding hydrogens is 256 g/mol. The molecule has 0 atom stereocenters. The van der Waals surface area contributed by atoms with Crippen molar-refractivity contribution in [2.24, 2.45) is 0 Å². The van der Waals surface area contributed by atoms with Crippen LogP contribution >= 0.6 is 12.2 Å². The zero-order valence-corrected chi connectivity index (χ0v) is 11.1. The minimum Gasteiger partial charge on any atom is -0.507 e. The van der Waals surface area contributed by atoms with Gasteiger partial charge in [-0.3, -0.25) is 0 Å². The van der Waals surface area contributed by atoms with Crippen molar-refractivity contribution in [2.45, 2.75) is 6.42 Å². The number of hydrogen-bond acceptors (Lipinski definition) is 3. The second-order valence-corrected chi connectivity index (χ2v) is 4.49. The Morgan fingerprint density at radius 2 is 1.47 bits per heavy atom. The molecule has 2 aromatic carbocycles. The molecule has 0 fully saturated rings. The standard InChI is InChI=1S/C16H14O2S/c17-15-10-13(11-16(18)14(15)8-9-19)7-6-12-4-2-1-3-5-12/h1-7,9-11,17-18H,8H2/b7-6+. The molecule has 96 valence electrons. The molecule has 2 aromatic rings. The maximum absolute atomic E-state index is 9.84. The molecule has 0 saturated carbocycles. The summed E-state index contributed by atoms with van der Waals surface area (Å²) in [6, 6.07) is 13.1. The fourth-order valence-electron chi connectivity index (χ4n) is 1.81. The van der Waals surface area contributed by atoms with E-state index >= 15 is 0 Å². The molecule has 2 N–H and O–H groups in total. The van der Waals surface area contributed by atoms with Gasteiger partial charge in [-0.05, 0) is 28.6 Å². The number of phenolic OH excluding ortho intramolecular Hbond substituents is 2. The predicted octanol–water partition coefficient (Wildman–Crippen LogP) is 3.81. The number of thiocarbonyl (C=S) groups is 1. The van der Waals surface area contributed by atoms with Crippen molar-refractivity contribution in [3.8, 4) is 11.5 Å².